The highest BCUT2D eigenvalue weighted by atomic mass is 16.5. The summed E-state index contributed by atoms with van der Waals surface area (Å²) in [5.41, 5.74) is -0.893. The Labute approximate surface area is 337 Å². The highest BCUT2D eigenvalue weighted by molar-refractivity contribution is 6.98. The van der Waals surface area contributed by atoms with Gasteiger partial charge in [-0.2, -0.15) is 0 Å². The SMILES string of the molecule is [2H]c1c([2H])c([2H])c(N(c2ccc3c(c2)Oc2cc(C4C([2H])CCC4([2H])[2H])cc4c2B3c2ccc(N(c3c([2H])c([2H])c([2H])c([2H])c3[2H])c3c([2H])c([2H])c([2H])c([2H])c3[2H])cc2O4)c2c([2H])c([2H])c([2H])c([2H])c2[2H])c([2H])c1[2H]. The minimum absolute atomic E-state index is 0.0338. The van der Waals surface area contributed by atoms with Gasteiger partial charge in [0.15, 0.2) is 0 Å². The molecule has 3 aliphatic rings. The van der Waals surface area contributed by atoms with Gasteiger partial charge in [-0.3, -0.25) is 0 Å². The van der Waals surface area contributed by atoms with Gasteiger partial charge in [0.1, 0.15) is 23.0 Å². The van der Waals surface area contributed by atoms with Gasteiger partial charge in [0.2, 0.25) is 0 Å². The average molecular weight is 696 g/mol. The van der Waals surface area contributed by atoms with Crippen molar-refractivity contribution >= 4 is 57.2 Å². The molecule has 52 heavy (non-hydrogen) atoms. The normalized spacial score (nSPS) is 23.7. The smallest absolute Gasteiger partial charge is 0.260 e. The van der Waals surface area contributed by atoms with Gasteiger partial charge in [0, 0.05) is 55.8 Å². The monoisotopic (exact) mass is 695 g/mol. The summed E-state index contributed by atoms with van der Waals surface area (Å²) in [4.78, 5) is 1.94. The Kier molecular flexibility index (Phi) is 3.75. The minimum Gasteiger partial charge on any atom is -0.458 e. The van der Waals surface area contributed by atoms with Crippen LogP contribution >= 0.6 is 0 Å². The van der Waals surface area contributed by atoms with Crippen LogP contribution < -0.4 is 35.7 Å². The van der Waals surface area contributed by atoms with Crippen molar-refractivity contribution in [2.45, 2.75) is 31.5 Å². The van der Waals surface area contributed by atoms with E-state index in [0.29, 0.717) is 22.0 Å². The molecule has 5 heteroatoms. The number of hydrogen-bond acceptors (Lipinski definition) is 4. The molecule has 250 valence electrons. The highest BCUT2D eigenvalue weighted by Crippen LogP contribution is 2.44. The molecule has 1 fully saturated rings. The van der Waals surface area contributed by atoms with E-state index in [1.807, 2.05) is 0 Å². The van der Waals surface area contributed by atoms with Gasteiger partial charge in [-0.25, -0.2) is 0 Å². The Bertz CT molecular complexity index is 3220. The zero-order chi connectivity index (χ0) is 54.5. The van der Waals surface area contributed by atoms with E-state index >= 15 is 0 Å². The van der Waals surface area contributed by atoms with Crippen LogP contribution in [-0.4, -0.2) is 6.71 Å². The van der Waals surface area contributed by atoms with Crippen LogP contribution in [0.5, 0.6) is 23.0 Å². The largest absolute Gasteiger partial charge is 0.458 e. The van der Waals surface area contributed by atoms with Crippen LogP contribution in [0, 0.1) is 0 Å². The molecule has 4 nitrogen and oxygen atoms in total. The van der Waals surface area contributed by atoms with Crippen LogP contribution in [0.3, 0.4) is 0 Å². The predicted octanol–water partition coefficient (Wildman–Crippen LogP) is 11.0. The van der Waals surface area contributed by atoms with Crippen molar-refractivity contribution in [1.29, 1.82) is 0 Å². The Morgan fingerprint density at radius 1 is 0.500 bits per heavy atom. The summed E-state index contributed by atoms with van der Waals surface area (Å²) in [6, 6.07) is -3.44. The maximum absolute atomic E-state index is 8.97. The van der Waals surface area contributed by atoms with E-state index < -0.39 is 169 Å². The van der Waals surface area contributed by atoms with Crippen molar-refractivity contribution in [3.05, 3.63) is 175 Å². The maximum atomic E-state index is 8.97. The first-order valence-corrected chi connectivity index (χ1v) is 16.3. The lowest BCUT2D eigenvalue weighted by molar-refractivity contribution is 0.462. The molecule has 2 atom stereocenters. The molecule has 2 unspecified atom stereocenters. The van der Waals surface area contributed by atoms with Gasteiger partial charge in [0.05, 0.1) is 27.4 Å². The summed E-state index contributed by atoms with van der Waals surface area (Å²) in [6.45, 7) is -0.878. The third-order valence-electron chi connectivity index (χ3n) is 9.10. The lowest BCUT2D eigenvalue weighted by atomic mass is 9.35. The first-order chi connectivity index (χ1) is 35.2. The maximum Gasteiger partial charge on any atom is 0.260 e. The quantitative estimate of drug-likeness (QED) is 0.155. The molecule has 0 N–H and O–H groups in total. The molecule has 2 heterocycles. The van der Waals surface area contributed by atoms with E-state index in [1.54, 1.807) is 24.3 Å². The summed E-state index contributed by atoms with van der Waals surface area (Å²) in [6.07, 6.45) is -2.48. The highest BCUT2D eigenvalue weighted by Gasteiger charge is 2.41. The molecule has 1 saturated carbocycles. The Hall–Kier alpha value is -6.20. The number of ether oxygens (including phenoxy) is 2. The third kappa shape index (κ3) is 5.32. The summed E-state index contributed by atoms with van der Waals surface area (Å²) in [7, 11) is 0. The fourth-order valence-electron chi connectivity index (χ4n) is 6.93. The molecule has 7 aromatic carbocycles. The van der Waals surface area contributed by atoms with Crippen molar-refractivity contribution in [3.63, 3.8) is 0 Å². The zero-order valence-electron chi connectivity index (χ0n) is 50.0. The molecule has 1 aliphatic carbocycles. The number of para-hydroxylation sites is 4. The molecule has 0 saturated heterocycles. The molecular weight excluding hydrogens is 635 g/mol. The number of fused-ring (bicyclic) bond motifs is 4. The molecule has 0 radical (unpaired) electrons. The molecule has 10 rings (SSSR count). The van der Waals surface area contributed by atoms with Crippen LogP contribution in [0.15, 0.2) is 169 Å². The number of hydrogen-bond donors (Lipinski definition) is 0. The molecule has 7 aromatic rings. The number of benzene rings is 7. The summed E-state index contributed by atoms with van der Waals surface area (Å²) < 4.78 is 213. The van der Waals surface area contributed by atoms with Crippen molar-refractivity contribution in [2.24, 2.45) is 0 Å². The lowest BCUT2D eigenvalue weighted by Gasteiger charge is -2.35. The minimum atomic E-state index is -1.87. The average Bonchev–Trinajstić information content (AvgIpc) is 3.67. The van der Waals surface area contributed by atoms with Gasteiger partial charge in [-0.15, -0.1) is 0 Å². The standard InChI is InChI=1S/C47H37BN2O2/c1-5-17-35(18-6-1)49(36-19-7-2-8-20-36)39-25-27-41-43(31-39)51-45-29-34(33-15-13-14-16-33)30-46-47(45)48(41)42-28-26-40(32-44(42)52-46)50(37-21-9-3-10-22-37)38-23-11-4-12-24-38/h1-12,17-33H,13-16H2/i1D,2D,3D,4D,5D,6D,7D,8D,9D,10D,11D,12D,15D,16D2,17D,18D,19D,20D,21D,22D,23D,24D. The number of nitrogens with zero attached hydrogens (tertiary/aromatic N) is 2. The summed E-state index contributed by atoms with van der Waals surface area (Å²) in [5, 5.41) is 0. The van der Waals surface area contributed by atoms with Crippen molar-refractivity contribution < 1.29 is 41.0 Å². The second kappa shape index (κ2) is 12.8. The van der Waals surface area contributed by atoms with E-state index in [4.69, 9.17) is 41.0 Å². The zero-order valence-corrected chi connectivity index (χ0v) is 27.0. The van der Waals surface area contributed by atoms with Gasteiger partial charge in [0.25, 0.3) is 6.71 Å². The van der Waals surface area contributed by atoms with Crippen LogP contribution in [0.1, 0.15) is 68.6 Å². The van der Waals surface area contributed by atoms with Crippen LogP contribution in [-0.2, 0) is 0 Å². The molecule has 0 amide bonds. The van der Waals surface area contributed by atoms with E-state index in [2.05, 4.69) is 0 Å². The van der Waals surface area contributed by atoms with Crippen LogP contribution in [0.4, 0.5) is 34.1 Å². The van der Waals surface area contributed by atoms with E-state index in [0.717, 1.165) is 9.80 Å². The fourth-order valence-corrected chi connectivity index (χ4v) is 6.93. The predicted molar refractivity (Wildman–Crippen MR) is 215 cm³/mol. The van der Waals surface area contributed by atoms with E-state index in [9.17, 15) is 0 Å². The number of anilines is 6. The lowest BCUT2D eigenvalue weighted by Crippen LogP contribution is -2.57. The molecule has 0 spiro atoms. The first kappa shape index (κ1) is 15.2. The molecular formula is C47H37BN2O2. The topological polar surface area (TPSA) is 24.9 Å². The van der Waals surface area contributed by atoms with Crippen molar-refractivity contribution in [3.8, 4) is 23.0 Å². The fraction of sp³-hybridized carbons (Fsp3) is 0.106. The van der Waals surface area contributed by atoms with E-state index in [1.165, 1.54) is 24.3 Å². The van der Waals surface area contributed by atoms with Crippen LogP contribution in [0.25, 0.3) is 0 Å². The molecule has 0 bridgehead atoms. The Morgan fingerprint density at radius 2 is 0.923 bits per heavy atom. The van der Waals surface area contributed by atoms with Gasteiger partial charge >= 0.3 is 0 Å². The van der Waals surface area contributed by atoms with Crippen molar-refractivity contribution in [2.75, 3.05) is 9.80 Å². The van der Waals surface area contributed by atoms with Gasteiger partial charge < -0.3 is 19.3 Å². The van der Waals surface area contributed by atoms with Gasteiger partial charge in [-0.1, -0.05) is 97.5 Å². The molecule has 0 aromatic heterocycles. The van der Waals surface area contributed by atoms with Gasteiger partial charge in [-0.05, 0) is 108 Å². The summed E-state index contributed by atoms with van der Waals surface area (Å²) >= 11 is 0. The Balaban J connectivity index is 1.24. The third-order valence-corrected chi connectivity index (χ3v) is 9.10. The number of rotatable bonds is 7. The second-order valence-corrected chi connectivity index (χ2v) is 12.0. The summed E-state index contributed by atoms with van der Waals surface area (Å²) in [5.74, 6) is -0.687. The second-order valence-electron chi connectivity index (χ2n) is 12.0. The Morgan fingerprint density at radius 3 is 1.31 bits per heavy atom. The van der Waals surface area contributed by atoms with Crippen LogP contribution in [0.2, 0.25) is 0 Å². The first-order valence-electron chi connectivity index (χ1n) is 27.9. The molecule has 2 aliphatic heterocycles. The van der Waals surface area contributed by atoms with Crippen molar-refractivity contribution in [1.82, 2.24) is 0 Å². The van der Waals surface area contributed by atoms with E-state index in [-0.39, 0.29) is 47.2 Å².